The molecule has 3 aromatic rings. The van der Waals surface area contributed by atoms with Crippen molar-refractivity contribution < 1.29 is 19.1 Å². The van der Waals surface area contributed by atoms with E-state index in [1.807, 2.05) is 54.6 Å². The highest BCUT2D eigenvalue weighted by atomic mass is 16.5. The zero-order valence-electron chi connectivity index (χ0n) is 14.6. The van der Waals surface area contributed by atoms with E-state index in [1.165, 1.54) is 0 Å². The molecule has 0 amide bonds. The Labute approximate surface area is 157 Å². The van der Waals surface area contributed by atoms with E-state index in [4.69, 9.17) is 9.47 Å². The Morgan fingerprint density at radius 1 is 0.556 bits per heavy atom. The summed E-state index contributed by atoms with van der Waals surface area (Å²) < 4.78 is 11.0. The predicted octanol–water partition coefficient (Wildman–Crippen LogP) is 4.46. The zero-order chi connectivity index (χ0) is 18.6. The van der Waals surface area contributed by atoms with Gasteiger partial charge in [-0.1, -0.05) is 54.6 Å². The van der Waals surface area contributed by atoms with Crippen LogP contribution in [0.1, 0.15) is 32.2 Å². The summed E-state index contributed by atoms with van der Waals surface area (Å²) in [5, 5.41) is 0. The minimum absolute atomic E-state index is 0.135. The maximum Gasteiger partial charge on any atom is 0.338 e. The lowest BCUT2D eigenvalue weighted by Gasteiger charge is -2.17. The van der Waals surface area contributed by atoms with Crippen molar-refractivity contribution in [2.75, 3.05) is 13.2 Å². The summed E-state index contributed by atoms with van der Waals surface area (Å²) in [5.74, 6) is -1.01. The maximum absolute atomic E-state index is 12.4. The van der Waals surface area contributed by atoms with Gasteiger partial charge in [-0.2, -0.15) is 0 Å². The Bertz CT molecular complexity index is 882. The van der Waals surface area contributed by atoms with Crippen molar-refractivity contribution in [2.45, 2.75) is 5.92 Å². The summed E-state index contributed by atoms with van der Waals surface area (Å²) in [5.41, 5.74) is 3.86. The van der Waals surface area contributed by atoms with Gasteiger partial charge in [-0.15, -0.1) is 0 Å². The van der Waals surface area contributed by atoms with Crippen LogP contribution in [0.25, 0.3) is 11.1 Å². The van der Waals surface area contributed by atoms with Crippen LogP contribution in [0.5, 0.6) is 0 Å². The van der Waals surface area contributed by atoms with Crippen molar-refractivity contribution in [3.05, 3.63) is 95.6 Å². The molecular weight excluding hydrogens is 340 g/mol. The number of benzene rings is 3. The Morgan fingerprint density at radius 3 is 1.41 bits per heavy atom. The van der Waals surface area contributed by atoms with E-state index >= 15 is 0 Å². The summed E-state index contributed by atoms with van der Waals surface area (Å²) in [4.78, 5) is 24.8. The molecule has 0 aromatic heterocycles. The van der Waals surface area contributed by atoms with Gasteiger partial charge >= 0.3 is 11.9 Å². The molecule has 6 rings (SSSR count). The molecule has 0 spiro atoms. The van der Waals surface area contributed by atoms with Gasteiger partial charge in [0.1, 0.15) is 13.2 Å². The molecule has 0 saturated heterocycles. The van der Waals surface area contributed by atoms with E-state index in [9.17, 15) is 9.59 Å². The highest BCUT2D eigenvalue weighted by molar-refractivity contribution is 5.91. The third-order valence-electron chi connectivity index (χ3n) is 4.68. The van der Waals surface area contributed by atoms with Crippen molar-refractivity contribution >= 4 is 11.9 Å². The summed E-state index contributed by atoms with van der Waals surface area (Å²) in [6.45, 7) is 0.270. The molecule has 3 heterocycles. The van der Waals surface area contributed by atoms with Crippen LogP contribution < -0.4 is 0 Å². The fourth-order valence-electron chi connectivity index (χ4n) is 3.08. The zero-order valence-corrected chi connectivity index (χ0v) is 14.6. The van der Waals surface area contributed by atoms with Gasteiger partial charge in [-0.25, -0.2) is 9.59 Å². The number of carbonyl (C=O) groups is 2. The number of fused-ring (bicyclic) bond motifs is 2. The molecule has 3 aliphatic heterocycles. The summed E-state index contributed by atoms with van der Waals surface area (Å²) in [6, 6.07) is 24.1. The molecular formula is C23H18O4. The second-order valence-corrected chi connectivity index (χ2v) is 6.46. The third-order valence-corrected chi connectivity index (χ3v) is 4.68. The number of rotatable bonds is 1. The highest BCUT2D eigenvalue weighted by Gasteiger charge is 2.19. The van der Waals surface area contributed by atoms with Crippen molar-refractivity contribution in [3.63, 3.8) is 0 Å². The number of esters is 2. The monoisotopic (exact) mass is 358 g/mol. The van der Waals surface area contributed by atoms with Gasteiger partial charge in [-0.3, -0.25) is 0 Å². The lowest BCUT2D eigenvalue weighted by Crippen LogP contribution is -2.19. The van der Waals surface area contributed by atoms with E-state index in [0.29, 0.717) is 11.1 Å². The standard InChI is InChI=1S/C23H18O4/c24-22-19-10-6-17(7-11-19)18-8-12-20(13-9-18)23(25)27-15-21(14-26-22)16-4-2-1-3-5-16/h1-13,21H,14-15H2. The first-order valence-electron chi connectivity index (χ1n) is 8.80. The Hall–Kier alpha value is -3.40. The maximum atomic E-state index is 12.4. The Morgan fingerprint density at radius 2 is 0.963 bits per heavy atom. The average Bonchev–Trinajstić information content (AvgIpc) is 2.74. The van der Waals surface area contributed by atoms with Crippen LogP contribution in [-0.4, -0.2) is 25.2 Å². The molecule has 3 aromatic carbocycles. The fraction of sp³-hybridized carbons (Fsp3) is 0.130. The van der Waals surface area contributed by atoms with E-state index in [2.05, 4.69) is 0 Å². The molecule has 3 aliphatic rings. The van der Waals surface area contributed by atoms with Crippen molar-refractivity contribution in [1.29, 1.82) is 0 Å². The van der Waals surface area contributed by atoms with Crippen molar-refractivity contribution in [2.24, 2.45) is 0 Å². The smallest absolute Gasteiger partial charge is 0.338 e. The normalized spacial score (nSPS) is 15.0. The lowest BCUT2D eigenvalue weighted by molar-refractivity contribution is 0.0347. The molecule has 0 N–H and O–H groups in total. The van der Waals surface area contributed by atoms with E-state index in [-0.39, 0.29) is 19.1 Å². The molecule has 0 fully saturated rings. The Balaban J connectivity index is 1.69. The van der Waals surface area contributed by atoms with Crippen LogP contribution in [-0.2, 0) is 9.47 Å². The molecule has 0 saturated carbocycles. The fourth-order valence-corrected chi connectivity index (χ4v) is 3.08. The van der Waals surface area contributed by atoms with Crippen LogP contribution in [0.4, 0.5) is 0 Å². The van der Waals surface area contributed by atoms with Crippen LogP contribution in [0, 0.1) is 0 Å². The Kier molecular flexibility index (Phi) is 4.71. The SMILES string of the molecule is O=C1OCC(c2ccccc2)COC(=O)c2ccc(cc2)-c2ccc1cc2. The second-order valence-electron chi connectivity index (χ2n) is 6.46. The van der Waals surface area contributed by atoms with E-state index in [1.54, 1.807) is 24.3 Å². The van der Waals surface area contributed by atoms with E-state index < -0.39 is 11.9 Å². The quantitative estimate of drug-likeness (QED) is 0.603. The summed E-state index contributed by atoms with van der Waals surface area (Å²) in [6.07, 6.45) is 0. The van der Waals surface area contributed by atoms with Gasteiger partial charge in [0.2, 0.25) is 0 Å². The van der Waals surface area contributed by atoms with Gasteiger partial charge in [0.15, 0.2) is 0 Å². The van der Waals surface area contributed by atoms with Crippen LogP contribution in [0.2, 0.25) is 0 Å². The molecule has 27 heavy (non-hydrogen) atoms. The van der Waals surface area contributed by atoms with Gasteiger partial charge in [0, 0.05) is 0 Å². The minimum Gasteiger partial charge on any atom is -0.461 e. The van der Waals surface area contributed by atoms with Gasteiger partial charge in [0.05, 0.1) is 17.0 Å². The number of ether oxygens (including phenoxy) is 2. The molecule has 4 heteroatoms. The number of hydrogen-bond donors (Lipinski definition) is 0. The highest BCUT2D eigenvalue weighted by Crippen LogP contribution is 2.23. The molecule has 134 valence electrons. The van der Waals surface area contributed by atoms with Crippen LogP contribution in [0.3, 0.4) is 0 Å². The van der Waals surface area contributed by atoms with Crippen molar-refractivity contribution in [3.8, 4) is 11.1 Å². The molecule has 4 bridgehead atoms. The topological polar surface area (TPSA) is 52.6 Å². The molecule has 0 atom stereocenters. The first-order chi connectivity index (χ1) is 13.2. The molecule has 0 aliphatic carbocycles. The van der Waals surface area contributed by atoms with Crippen LogP contribution in [0.15, 0.2) is 78.9 Å². The number of hydrogen-bond acceptors (Lipinski definition) is 4. The van der Waals surface area contributed by atoms with Crippen molar-refractivity contribution in [1.82, 2.24) is 0 Å². The van der Waals surface area contributed by atoms with E-state index in [0.717, 1.165) is 16.7 Å². The minimum atomic E-state index is -0.390. The first-order valence-corrected chi connectivity index (χ1v) is 8.80. The molecule has 0 unspecified atom stereocenters. The lowest BCUT2D eigenvalue weighted by atomic mass is 10.0. The number of carbonyl (C=O) groups excluding carboxylic acids is 2. The average molecular weight is 358 g/mol. The van der Waals surface area contributed by atoms with Gasteiger partial charge in [0.25, 0.3) is 0 Å². The van der Waals surface area contributed by atoms with Gasteiger partial charge < -0.3 is 9.47 Å². The first kappa shape index (κ1) is 17.0. The molecule has 4 nitrogen and oxygen atoms in total. The summed E-state index contributed by atoms with van der Waals surface area (Å²) in [7, 11) is 0. The van der Waals surface area contributed by atoms with Crippen LogP contribution >= 0.6 is 0 Å². The van der Waals surface area contributed by atoms with Gasteiger partial charge in [-0.05, 0) is 41.0 Å². The summed E-state index contributed by atoms with van der Waals surface area (Å²) >= 11 is 0. The second kappa shape index (κ2) is 7.46. The largest absolute Gasteiger partial charge is 0.461 e. The molecule has 0 radical (unpaired) electrons. The third kappa shape index (κ3) is 3.75. The predicted molar refractivity (Wildman–Crippen MR) is 102 cm³/mol.